The van der Waals surface area contributed by atoms with E-state index >= 15 is 0 Å². The number of furan rings is 1. The van der Waals surface area contributed by atoms with Crippen LogP contribution in [-0.2, 0) is 0 Å². The van der Waals surface area contributed by atoms with Gasteiger partial charge in [-0.05, 0) is 79.8 Å². The lowest BCUT2D eigenvalue weighted by Gasteiger charge is -2.14. The summed E-state index contributed by atoms with van der Waals surface area (Å²) in [6, 6.07) is 62.2. The molecule has 5 heteroatoms. The molecule has 3 aromatic heterocycles. The fraction of sp³-hybridized carbons (Fsp3) is 0. The third-order valence-corrected chi connectivity index (χ3v) is 12.2. The van der Waals surface area contributed by atoms with E-state index in [1.165, 1.54) is 52.5 Å². The Bertz CT molecular complexity index is 3510. The summed E-state index contributed by atoms with van der Waals surface area (Å²) in [5.74, 6) is 1.79. The highest BCUT2D eigenvalue weighted by molar-refractivity contribution is 7.26. The molecule has 12 aromatic rings. The standard InChI is InChI=1S/C51H29N3OS/c1-2-13-30(14-3-1)49-52-50(54-51(53-49)41-22-12-21-39-38-19-8-10-23-44(38)55-48(39)41)32-28-42(47-40-20-9-11-24-45(40)56-46(47)29-32)31-25-26-37-35-17-5-4-15-33(35)34-16-6-7-18-36(34)43(37)27-31/h1-29H. The zero-order valence-corrected chi connectivity index (χ0v) is 30.7. The smallest absolute Gasteiger partial charge is 0.167 e. The fourth-order valence-corrected chi connectivity index (χ4v) is 9.72. The molecule has 0 aliphatic heterocycles. The lowest BCUT2D eigenvalue weighted by atomic mass is 9.90. The zero-order valence-electron chi connectivity index (χ0n) is 29.9. The molecule has 0 fully saturated rings. The van der Waals surface area contributed by atoms with Crippen LogP contribution in [0.3, 0.4) is 0 Å². The van der Waals surface area contributed by atoms with E-state index in [4.69, 9.17) is 19.4 Å². The number of rotatable bonds is 4. The highest BCUT2D eigenvalue weighted by atomic mass is 32.1. The number of fused-ring (bicyclic) bond motifs is 12. The highest BCUT2D eigenvalue weighted by Gasteiger charge is 2.20. The maximum atomic E-state index is 6.49. The minimum Gasteiger partial charge on any atom is -0.455 e. The van der Waals surface area contributed by atoms with E-state index in [2.05, 4.69) is 121 Å². The van der Waals surface area contributed by atoms with Gasteiger partial charge in [0.25, 0.3) is 0 Å². The second-order valence-corrected chi connectivity index (χ2v) is 15.4. The van der Waals surface area contributed by atoms with E-state index in [1.807, 2.05) is 54.6 Å². The number of para-hydroxylation sites is 2. The highest BCUT2D eigenvalue weighted by Crippen LogP contribution is 2.45. The van der Waals surface area contributed by atoms with Crippen LogP contribution >= 0.6 is 11.3 Å². The normalized spacial score (nSPS) is 11.9. The molecule has 0 aliphatic carbocycles. The number of benzene rings is 9. The van der Waals surface area contributed by atoms with Gasteiger partial charge in [-0.3, -0.25) is 0 Å². The molecule has 9 aromatic carbocycles. The van der Waals surface area contributed by atoms with Gasteiger partial charge in [-0.1, -0.05) is 140 Å². The molecule has 56 heavy (non-hydrogen) atoms. The Labute approximate surface area is 325 Å². The Kier molecular flexibility index (Phi) is 6.76. The summed E-state index contributed by atoms with van der Waals surface area (Å²) < 4.78 is 8.92. The van der Waals surface area contributed by atoms with Crippen LogP contribution in [-0.4, -0.2) is 15.0 Å². The fourth-order valence-electron chi connectivity index (χ4n) is 8.55. The lowest BCUT2D eigenvalue weighted by molar-refractivity contribution is 0.669. The average molecular weight is 732 g/mol. The summed E-state index contributed by atoms with van der Waals surface area (Å²) in [6.07, 6.45) is 0. The van der Waals surface area contributed by atoms with Crippen LogP contribution in [0.25, 0.3) is 120 Å². The third kappa shape index (κ3) is 4.75. The topological polar surface area (TPSA) is 51.8 Å². The van der Waals surface area contributed by atoms with Gasteiger partial charge < -0.3 is 4.42 Å². The quantitative estimate of drug-likeness (QED) is 0.169. The molecule has 0 saturated heterocycles. The van der Waals surface area contributed by atoms with Crippen molar-refractivity contribution in [3.8, 4) is 45.3 Å². The van der Waals surface area contributed by atoms with Gasteiger partial charge in [0.15, 0.2) is 17.5 Å². The molecule has 0 aliphatic rings. The van der Waals surface area contributed by atoms with Gasteiger partial charge in [-0.15, -0.1) is 11.3 Å². The van der Waals surface area contributed by atoms with E-state index in [1.54, 1.807) is 11.3 Å². The van der Waals surface area contributed by atoms with E-state index in [9.17, 15) is 0 Å². The number of thiophene rings is 1. The molecular weight excluding hydrogens is 703 g/mol. The monoisotopic (exact) mass is 731 g/mol. The maximum absolute atomic E-state index is 6.49. The van der Waals surface area contributed by atoms with Crippen LogP contribution in [0.5, 0.6) is 0 Å². The number of aromatic nitrogens is 3. The summed E-state index contributed by atoms with van der Waals surface area (Å²) in [5, 5.41) is 12.1. The first-order valence-corrected chi connectivity index (χ1v) is 19.6. The van der Waals surface area contributed by atoms with E-state index in [-0.39, 0.29) is 0 Å². The zero-order chi connectivity index (χ0) is 36.7. The largest absolute Gasteiger partial charge is 0.455 e. The molecule has 0 saturated carbocycles. The van der Waals surface area contributed by atoms with Crippen molar-refractivity contribution in [1.82, 2.24) is 15.0 Å². The van der Waals surface area contributed by atoms with Crippen molar-refractivity contribution in [2.45, 2.75) is 0 Å². The predicted octanol–water partition coefficient (Wildman–Crippen LogP) is 14.3. The van der Waals surface area contributed by atoms with Crippen LogP contribution in [0.15, 0.2) is 180 Å². The lowest BCUT2D eigenvalue weighted by Crippen LogP contribution is -2.00. The molecule has 3 heterocycles. The first kappa shape index (κ1) is 31.2. The van der Waals surface area contributed by atoms with E-state index in [0.717, 1.165) is 49.8 Å². The predicted molar refractivity (Wildman–Crippen MR) is 234 cm³/mol. The van der Waals surface area contributed by atoms with Gasteiger partial charge in [-0.25, -0.2) is 15.0 Å². The molecule has 0 unspecified atom stereocenters. The Morgan fingerprint density at radius 2 is 0.929 bits per heavy atom. The second kappa shape index (κ2) is 12.2. The maximum Gasteiger partial charge on any atom is 0.167 e. The van der Waals surface area contributed by atoms with Crippen LogP contribution in [0.1, 0.15) is 0 Å². The summed E-state index contributed by atoms with van der Waals surface area (Å²) in [6.45, 7) is 0. The van der Waals surface area contributed by atoms with E-state index < -0.39 is 0 Å². The molecule has 0 N–H and O–H groups in total. The number of nitrogens with zero attached hydrogens (tertiary/aromatic N) is 3. The van der Waals surface area contributed by atoms with Crippen molar-refractivity contribution in [2.24, 2.45) is 0 Å². The van der Waals surface area contributed by atoms with Crippen molar-refractivity contribution >= 4 is 85.8 Å². The first-order chi connectivity index (χ1) is 27.7. The second-order valence-electron chi connectivity index (χ2n) is 14.3. The number of hydrogen-bond acceptors (Lipinski definition) is 5. The molecule has 12 rings (SSSR count). The molecular formula is C51H29N3OS. The Morgan fingerprint density at radius 1 is 0.339 bits per heavy atom. The van der Waals surface area contributed by atoms with Gasteiger partial charge in [0.2, 0.25) is 0 Å². The van der Waals surface area contributed by atoms with Crippen LogP contribution < -0.4 is 0 Å². The summed E-state index contributed by atoms with van der Waals surface area (Å²) in [4.78, 5) is 15.6. The summed E-state index contributed by atoms with van der Waals surface area (Å²) >= 11 is 1.81. The summed E-state index contributed by atoms with van der Waals surface area (Å²) in [5.41, 5.74) is 6.59. The minimum atomic E-state index is 0.570. The molecule has 0 amide bonds. The molecule has 0 spiro atoms. The Hall–Kier alpha value is -7.21. The average Bonchev–Trinajstić information content (AvgIpc) is 3.85. The summed E-state index contributed by atoms with van der Waals surface area (Å²) in [7, 11) is 0. The van der Waals surface area contributed by atoms with Gasteiger partial charge in [0, 0.05) is 42.1 Å². The SMILES string of the molecule is c1ccc(-c2nc(-c3cc(-c4ccc5c6ccccc6c6ccccc6c5c4)c4c(c3)sc3ccccc34)nc(-c3cccc4c3oc3ccccc34)n2)cc1. The molecule has 260 valence electrons. The van der Waals surface area contributed by atoms with Gasteiger partial charge in [0.1, 0.15) is 11.2 Å². The van der Waals surface area contributed by atoms with Crippen molar-refractivity contribution in [2.75, 3.05) is 0 Å². The Morgan fingerprint density at radius 3 is 1.70 bits per heavy atom. The molecule has 4 nitrogen and oxygen atoms in total. The van der Waals surface area contributed by atoms with Crippen LogP contribution in [0.2, 0.25) is 0 Å². The van der Waals surface area contributed by atoms with Gasteiger partial charge in [0.05, 0.1) is 5.56 Å². The first-order valence-electron chi connectivity index (χ1n) is 18.8. The van der Waals surface area contributed by atoms with E-state index in [0.29, 0.717) is 17.5 Å². The molecule has 0 atom stereocenters. The van der Waals surface area contributed by atoms with Crippen LogP contribution in [0, 0.1) is 0 Å². The van der Waals surface area contributed by atoms with Crippen molar-refractivity contribution in [1.29, 1.82) is 0 Å². The Balaban J connectivity index is 1.14. The molecule has 0 bridgehead atoms. The molecule has 0 radical (unpaired) electrons. The minimum absolute atomic E-state index is 0.570. The van der Waals surface area contributed by atoms with Crippen molar-refractivity contribution < 1.29 is 4.42 Å². The van der Waals surface area contributed by atoms with Gasteiger partial charge in [-0.2, -0.15) is 0 Å². The van der Waals surface area contributed by atoms with Crippen molar-refractivity contribution in [3.05, 3.63) is 176 Å². The van der Waals surface area contributed by atoms with Gasteiger partial charge >= 0.3 is 0 Å². The number of hydrogen-bond donors (Lipinski definition) is 0. The van der Waals surface area contributed by atoms with Crippen LogP contribution in [0.4, 0.5) is 0 Å². The third-order valence-electron chi connectivity index (χ3n) is 11.1. The van der Waals surface area contributed by atoms with Crippen molar-refractivity contribution in [3.63, 3.8) is 0 Å².